The van der Waals surface area contributed by atoms with Gasteiger partial charge in [-0.3, -0.25) is 0 Å². The Labute approximate surface area is 129 Å². The smallest absolute Gasteiger partial charge is 0.748 e. The summed E-state index contributed by atoms with van der Waals surface area (Å²) in [6.07, 6.45) is 1.41. The van der Waals surface area contributed by atoms with Gasteiger partial charge in [0, 0.05) is 5.25 Å². The Kier molecular flexibility index (Phi) is 11.0. The molecule has 0 aliphatic heterocycles. The second-order valence-corrected chi connectivity index (χ2v) is 4.96. The molecule has 0 saturated carbocycles. The molecule has 4 nitrogen and oxygen atoms in total. The van der Waals surface area contributed by atoms with Crippen LogP contribution < -0.4 is 51.4 Å². The molecule has 0 aliphatic rings. The van der Waals surface area contributed by atoms with Crippen LogP contribution in [0.25, 0.3) is 0 Å². The number of rotatable bonds is 6. The van der Waals surface area contributed by atoms with Gasteiger partial charge in [-0.2, -0.15) is 0 Å². The van der Waals surface area contributed by atoms with Crippen molar-refractivity contribution in [3.05, 3.63) is 0 Å². The largest absolute Gasteiger partial charge is 1.00 e. The van der Waals surface area contributed by atoms with Crippen molar-refractivity contribution < 1.29 is 69.5 Å². The molecule has 14 heavy (non-hydrogen) atoms. The molecule has 80 valence electrons. The van der Waals surface area contributed by atoms with Crippen molar-refractivity contribution in [2.75, 3.05) is 0 Å². The third-order valence-corrected chi connectivity index (χ3v) is 3.40. The molecule has 0 rings (SSSR count). The quantitative estimate of drug-likeness (QED) is 0.430. The number of aliphatic hydroxyl groups is 1. The first-order valence-corrected chi connectivity index (χ1v) is 5.97. The van der Waals surface area contributed by atoms with E-state index in [1.807, 2.05) is 0 Å². The number of aliphatic hydroxyl groups excluding tert-OH is 1. The van der Waals surface area contributed by atoms with E-state index in [-0.39, 0.29) is 51.4 Å². The SMILES string of the molecule is CCC(CCCC(C)O)S(=O)(=O)[O-].[K+]. The molecule has 2 atom stereocenters. The van der Waals surface area contributed by atoms with E-state index >= 15 is 0 Å². The van der Waals surface area contributed by atoms with Crippen LogP contribution in [-0.4, -0.2) is 29.4 Å². The van der Waals surface area contributed by atoms with Crippen LogP contribution in [0.3, 0.4) is 0 Å². The van der Waals surface area contributed by atoms with Crippen LogP contribution in [0.15, 0.2) is 0 Å². The first-order chi connectivity index (χ1) is 5.88. The molecule has 0 aromatic carbocycles. The molecule has 6 heteroatoms. The van der Waals surface area contributed by atoms with Gasteiger partial charge < -0.3 is 9.66 Å². The van der Waals surface area contributed by atoms with Crippen LogP contribution in [0.1, 0.15) is 39.5 Å². The molecule has 0 aromatic heterocycles. The van der Waals surface area contributed by atoms with Gasteiger partial charge >= 0.3 is 51.4 Å². The van der Waals surface area contributed by atoms with E-state index in [1.54, 1.807) is 13.8 Å². The van der Waals surface area contributed by atoms with Gasteiger partial charge in [-0.25, -0.2) is 8.42 Å². The summed E-state index contributed by atoms with van der Waals surface area (Å²) in [5.41, 5.74) is 0. The number of hydrogen-bond acceptors (Lipinski definition) is 4. The fraction of sp³-hybridized carbons (Fsp3) is 1.00. The third-order valence-electron chi connectivity index (χ3n) is 2.01. The molecule has 0 radical (unpaired) electrons. The minimum Gasteiger partial charge on any atom is -0.748 e. The van der Waals surface area contributed by atoms with Crippen molar-refractivity contribution in [3.8, 4) is 0 Å². The van der Waals surface area contributed by atoms with E-state index in [0.717, 1.165) is 0 Å². The Bertz CT molecular complexity index is 225. The molecule has 0 aliphatic carbocycles. The van der Waals surface area contributed by atoms with E-state index in [0.29, 0.717) is 25.7 Å². The van der Waals surface area contributed by atoms with Crippen LogP contribution in [0.4, 0.5) is 0 Å². The average molecular weight is 248 g/mol. The van der Waals surface area contributed by atoms with Crippen molar-refractivity contribution in [2.24, 2.45) is 0 Å². The predicted molar refractivity (Wildman–Crippen MR) is 49.3 cm³/mol. The van der Waals surface area contributed by atoms with Crippen molar-refractivity contribution in [1.29, 1.82) is 0 Å². The summed E-state index contributed by atoms with van der Waals surface area (Å²) in [7, 11) is -4.14. The van der Waals surface area contributed by atoms with Crippen molar-refractivity contribution >= 4 is 10.1 Å². The molecule has 1 N–H and O–H groups in total. The van der Waals surface area contributed by atoms with Gasteiger partial charge in [-0.05, 0) is 32.6 Å². The van der Waals surface area contributed by atoms with Gasteiger partial charge in [0.25, 0.3) is 0 Å². The fourth-order valence-electron chi connectivity index (χ4n) is 1.19. The molecule has 0 heterocycles. The van der Waals surface area contributed by atoms with E-state index in [9.17, 15) is 13.0 Å². The zero-order valence-electron chi connectivity index (χ0n) is 9.06. The Morgan fingerprint density at radius 2 is 1.86 bits per heavy atom. The topological polar surface area (TPSA) is 77.4 Å². The average Bonchev–Trinajstić information content (AvgIpc) is 1.95. The maximum atomic E-state index is 10.6. The minimum atomic E-state index is -4.14. The molecule has 0 spiro atoms. The normalized spacial score (nSPS) is 15.7. The first kappa shape index (κ1) is 17.9. The second-order valence-electron chi connectivity index (χ2n) is 3.30. The molecule has 0 bridgehead atoms. The summed E-state index contributed by atoms with van der Waals surface area (Å²) < 4.78 is 31.9. The molecule has 2 unspecified atom stereocenters. The van der Waals surface area contributed by atoms with E-state index < -0.39 is 21.5 Å². The van der Waals surface area contributed by atoms with Crippen LogP contribution in [-0.2, 0) is 10.1 Å². The summed E-state index contributed by atoms with van der Waals surface area (Å²) in [6.45, 7) is 3.33. The Balaban J connectivity index is 0. The Morgan fingerprint density at radius 3 is 2.14 bits per heavy atom. The van der Waals surface area contributed by atoms with Crippen molar-refractivity contribution in [3.63, 3.8) is 0 Å². The van der Waals surface area contributed by atoms with E-state index in [1.165, 1.54) is 0 Å². The van der Waals surface area contributed by atoms with Gasteiger partial charge in [0.15, 0.2) is 0 Å². The second kappa shape index (κ2) is 8.63. The Morgan fingerprint density at radius 1 is 1.36 bits per heavy atom. The molecule has 0 amide bonds. The third kappa shape index (κ3) is 8.79. The monoisotopic (exact) mass is 248 g/mol. The molecule has 0 saturated heterocycles. The zero-order chi connectivity index (χ0) is 10.5. The van der Waals surface area contributed by atoms with Crippen LogP contribution in [0.2, 0.25) is 0 Å². The van der Waals surface area contributed by atoms with Crippen molar-refractivity contribution in [2.45, 2.75) is 50.9 Å². The van der Waals surface area contributed by atoms with Crippen LogP contribution in [0.5, 0.6) is 0 Å². The summed E-state index contributed by atoms with van der Waals surface area (Å²) in [5.74, 6) is 0. The predicted octanol–water partition coefficient (Wildman–Crippen LogP) is -2.13. The first-order valence-electron chi connectivity index (χ1n) is 4.50. The molecular weight excluding hydrogens is 231 g/mol. The standard InChI is InChI=1S/C8H18O4S.K/c1-3-8(13(10,11)12)6-4-5-7(2)9;/h7-9H,3-6H2,1-2H3,(H,10,11,12);/q;+1/p-1. The maximum Gasteiger partial charge on any atom is 1.00 e. The summed E-state index contributed by atoms with van der Waals surface area (Å²) >= 11 is 0. The van der Waals surface area contributed by atoms with E-state index in [4.69, 9.17) is 5.11 Å². The van der Waals surface area contributed by atoms with Crippen LogP contribution in [0, 0.1) is 0 Å². The van der Waals surface area contributed by atoms with Gasteiger partial charge in [0.2, 0.25) is 0 Å². The molecule has 0 aromatic rings. The number of hydrogen-bond donors (Lipinski definition) is 1. The van der Waals surface area contributed by atoms with E-state index in [2.05, 4.69) is 0 Å². The molecule has 0 fully saturated rings. The van der Waals surface area contributed by atoms with Gasteiger partial charge in [-0.15, -0.1) is 0 Å². The summed E-state index contributed by atoms with van der Waals surface area (Å²) in [4.78, 5) is 0. The van der Waals surface area contributed by atoms with Gasteiger partial charge in [-0.1, -0.05) is 6.92 Å². The zero-order valence-corrected chi connectivity index (χ0v) is 13.0. The summed E-state index contributed by atoms with van der Waals surface area (Å²) in [6, 6.07) is 0. The minimum absolute atomic E-state index is 0. The maximum absolute atomic E-state index is 10.6. The fourth-order valence-corrected chi connectivity index (χ4v) is 2.06. The summed E-state index contributed by atoms with van der Waals surface area (Å²) in [5, 5.41) is 8.13. The molecular formula is C8H17KO4S. The van der Waals surface area contributed by atoms with Crippen molar-refractivity contribution in [1.82, 2.24) is 0 Å². The van der Waals surface area contributed by atoms with Gasteiger partial charge in [0.1, 0.15) is 0 Å². The Hall–Kier alpha value is 1.51. The van der Waals surface area contributed by atoms with Crippen LogP contribution >= 0.6 is 0 Å². The van der Waals surface area contributed by atoms with Gasteiger partial charge in [0.05, 0.1) is 16.2 Å².